The minimum atomic E-state index is -0.298. The van der Waals surface area contributed by atoms with Crippen LogP contribution in [0.3, 0.4) is 0 Å². The standard InChI is InChI=1S/C19H20N4O4/c1-12(14-5-6-16-17(10-14)27-9-8-26-16)20-18(24)11-23-19(25)15-4-3-7-22(15)13(2)21-23/h3-7,10,12H,8-9,11H2,1-2H3,(H,20,24)/t12-/m0/s1. The summed E-state index contributed by atoms with van der Waals surface area (Å²) in [6, 6.07) is 8.83. The van der Waals surface area contributed by atoms with Gasteiger partial charge in [-0.3, -0.25) is 14.0 Å². The van der Waals surface area contributed by atoms with E-state index in [2.05, 4.69) is 10.4 Å². The molecular weight excluding hydrogens is 348 g/mol. The summed E-state index contributed by atoms with van der Waals surface area (Å²) >= 11 is 0. The number of hydrogen-bond donors (Lipinski definition) is 1. The fourth-order valence-electron chi connectivity index (χ4n) is 3.18. The third-order valence-corrected chi connectivity index (χ3v) is 4.55. The highest BCUT2D eigenvalue weighted by Gasteiger charge is 2.17. The molecule has 1 aliphatic heterocycles. The van der Waals surface area contributed by atoms with Crippen molar-refractivity contribution in [2.24, 2.45) is 0 Å². The molecule has 0 saturated carbocycles. The fraction of sp³-hybridized carbons (Fsp3) is 0.316. The van der Waals surface area contributed by atoms with Gasteiger partial charge in [-0.1, -0.05) is 6.07 Å². The smallest absolute Gasteiger partial charge is 0.291 e. The van der Waals surface area contributed by atoms with E-state index in [1.807, 2.05) is 25.1 Å². The number of aromatic nitrogens is 3. The summed E-state index contributed by atoms with van der Waals surface area (Å²) in [5.74, 6) is 1.73. The Morgan fingerprint density at radius 3 is 2.85 bits per heavy atom. The van der Waals surface area contributed by atoms with Crippen molar-refractivity contribution in [1.29, 1.82) is 0 Å². The first-order valence-electron chi connectivity index (χ1n) is 8.76. The number of nitrogens with zero attached hydrogens (tertiary/aromatic N) is 3. The number of amides is 1. The summed E-state index contributed by atoms with van der Waals surface area (Å²) in [6.07, 6.45) is 1.77. The molecule has 0 saturated heterocycles. The number of rotatable bonds is 4. The SMILES string of the molecule is Cc1nn(CC(=O)N[C@@H](C)c2ccc3c(c2)OCCO3)c(=O)c2cccn12. The van der Waals surface area contributed by atoms with Gasteiger partial charge in [0.2, 0.25) is 5.91 Å². The number of benzene rings is 1. The molecule has 0 spiro atoms. The largest absolute Gasteiger partial charge is 0.486 e. The summed E-state index contributed by atoms with van der Waals surface area (Å²) in [7, 11) is 0. The van der Waals surface area contributed by atoms with Crippen LogP contribution in [0, 0.1) is 6.92 Å². The maximum atomic E-state index is 12.5. The fourth-order valence-corrected chi connectivity index (χ4v) is 3.18. The first-order valence-corrected chi connectivity index (χ1v) is 8.76. The van der Waals surface area contributed by atoms with Crippen molar-refractivity contribution in [2.45, 2.75) is 26.4 Å². The molecule has 0 aliphatic carbocycles. The first kappa shape index (κ1) is 17.1. The van der Waals surface area contributed by atoms with E-state index in [-0.39, 0.29) is 24.1 Å². The third-order valence-electron chi connectivity index (χ3n) is 4.55. The lowest BCUT2D eigenvalue weighted by molar-refractivity contribution is -0.122. The molecule has 1 amide bonds. The second-order valence-electron chi connectivity index (χ2n) is 6.47. The van der Waals surface area contributed by atoms with E-state index in [4.69, 9.17) is 9.47 Å². The third kappa shape index (κ3) is 3.25. The van der Waals surface area contributed by atoms with E-state index in [0.29, 0.717) is 36.1 Å². The molecule has 3 aromatic rings. The number of ether oxygens (including phenoxy) is 2. The van der Waals surface area contributed by atoms with E-state index in [1.165, 1.54) is 4.68 Å². The van der Waals surface area contributed by atoms with E-state index < -0.39 is 0 Å². The van der Waals surface area contributed by atoms with Crippen LogP contribution in [-0.2, 0) is 11.3 Å². The molecule has 27 heavy (non-hydrogen) atoms. The number of fused-ring (bicyclic) bond motifs is 2. The molecule has 0 radical (unpaired) electrons. The van der Waals surface area contributed by atoms with Crippen LogP contribution in [0.4, 0.5) is 0 Å². The molecule has 1 aromatic carbocycles. The van der Waals surface area contributed by atoms with Gasteiger partial charge in [0, 0.05) is 6.20 Å². The van der Waals surface area contributed by atoms with Crippen molar-refractivity contribution in [3.05, 3.63) is 58.3 Å². The Bertz CT molecular complexity index is 1070. The molecule has 1 aliphatic rings. The van der Waals surface area contributed by atoms with Crippen molar-refractivity contribution < 1.29 is 14.3 Å². The van der Waals surface area contributed by atoms with Crippen LogP contribution in [0.1, 0.15) is 24.4 Å². The number of nitrogens with one attached hydrogen (secondary N) is 1. The molecular formula is C19H20N4O4. The topological polar surface area (TPSA) is 86.9 Å². The highest BCUT2D eigenvalue weighted by atomic mass is 16.6. The van der Waals surface area contributed by atoms with Gasteiger partial charge in [0.25, 0.3) is 5.56 Å². The van der Waals surface area contributed by atoms with E-state index in [9.17, 15) is 9.59 Å². The van der Waals surface area contributed by atoms with E-state index in [1.54, 1.807) is 29.7 Å². The molecule has 1 atom stereocenters. The summed E-state index contributed by atoms with van der Waals surface area (Å²) in [4.78, 5) is 24.9. The number of carbonyl (C=O) groups is 1. The van der Waals surface area contributed by atoms with Crippen LogP contribution >= 0.6 is 0 Å². The zero-order chi connectivity index (χ0) is 19.0. The molecule has 3 heterocycles. The van der Waals surface area contributed by atoms with Crippen LogP contribution in [0.2, 0.25) is 0 Å². The minimum absolute atomic E-state index is 0.143. The Kier molecular flexibility index (Phi) is 4.31. The lowest BCUT2D eigenvalue weighted by Gasteiger charge is -2.21. The Labute approximate surface area is 155 Å². The van der Waals surface area contributed by atoms with Crippen LogP contribution in [0.5, 0.6) is 11.5 Å². The number of carbonyl (C=O) groups excluding carboxylic acids is 1. The van der Waals surface area contributed by atoms with Gasteiger partial charge in [-0.15, -0.1) is 0 Å². The zero-order valence-electron chi connectivity index (χ0n) is 15.1. The Morgan fingerprint density at radius 2 is 2.04 bits per heavy atom. The highest BCUT2D eigenvalue weighted by molar-refractivity contribution is 5.76. The summed E-state index contributed by atoms with van der Waals surface area (Å²) in [6.45, 7) is 4.56. The summed E-state index contributed by atoms with van der Waals surface area (Å²) in [5.41, 5.74) is 1.09. The van der Waals surface area contributed by atoms with Crippen molar-refractivity contribution >= 4 is 11.4 Å². The van der Waals surface area contributed by atoms with Gasteiger partial charge < -0.3 is 14.8 Å². The lowest BCUT2D eigenvalue weighted by Crippen LogP contribution is -2.36. The predicted molar refractivity (Wildman–Crippen MR) is 98.2 cm³/mol. The quantitative estimate of drug-likeness (QED) is 0.753. The van der Waals surface area contributed by atoms with Crippen molar-refractivity contribution in [3.63, 3.8) is 0 Å². The highest BCUT2D eigenvalue weighted by Crippen LogP contribution is 2.32. The Morgan fingerprint density at radius 1 is 1.26 bits per heavy atom. The Hall–Kier alpha value is -3.29. The van der Waals surface area contributed by atoms with E-state index >= 15 is 0 Å². The molecule has 4 rings (SSSR count). The van der Waals surface area contributed by atoms with Crippen molar-refractivity contribution in [1.82, 2.24) is 19.5 Å². The average Bonchev–Trinajstić information content (AvgIpc) is 3.16. The summed E-state index contributed by atoms with van der Waals surface area (Å²) in [5, 5.41) is 7.12. The van der Waals surface area contributed by atoms with Gasteiger partial charge in [-0.25, -0.2) is 4.68 Å². The average molecular weight is 368 g/mol. The molecule has 0 bridgehead atoms. The van der Waals surface area contributed by atoms with Gasteiger partial charge in [0.05, 0.1) is 6.04 Å². The second kappa shape index (κ2) is 6.79. The minimum Gasteiger partial charge on any atom is -0.486 e. The maximum absolute atomic E-state index is 12.5. The molecule has 1 N–H and O–H groups in total. The molecule has 140 valence electrons. The van der Waals surface area contributed by atoms with E-state index in [0.717, 1.165) is 5.56 Å². The predicted octanol–water partition coefficient (Wildman–Crippen LogP) is 1.45. The van der Waals surface area contributed by atoms with Crippen LogP contribution in [-0.4, -0.2) is 33.3 Å². The lowest BCUT2D eigenvalue weighted by atomic mass is 10.1. The normalized spacial score (nSPS) is 14.1. The zero-order valence-corrected chi connectivity index (χ0v) is 15.1. The van der Waals surface area contributed by atoms with Crippen molar-refractivity contribution in [2.75, 3.05) is 13.2 Å². The number of aryl methyl sites for hydroxylation is 1. The molecule has 8 heteroatoms. The monoisotopic (exact) mass is 368 g/mol. The van der Waals surface area contributed by atoms with Crippen LogP contribution in [0.15, 0.2) is 41.3 Å². The summed E-state index contributed by atoms with van der Waals surface area (Å²) < 4.78 is 14.0. The van der Waals surface area contributed by atoms with Crippen molar-refractivity contribution in [3.8, 4) is 11.5 Å². The molecule has 0 unspecified atom stereocenters. The van der Waals surface area contributed by atoms with Gasteiger partial charge in [-0.2, -0.15) is 5.10 Å². The molecule has 8 nitrogen and oxygen atoms in total. The van der Waals surface area contributed by atoms with Gasteiger partial charge in [-0.05, 0) is 43.7 Å². The molecule has 0 fully saturated rings. The van der Waals surface area contributed by atoms with Gasteiger partial charge >= 0.3 is 0 Å². The molecule has 2 aromatic heterocycles. The van der Waals surface area contributed by atoms with Gasteiger partial charge in [0.1, 0.15) is 31.1 Å². The first-order chi connectivity index (χ1) is 13.0. The van der Waals surface area contributed by atoms with Crippen LogP contribution < -0.4 is 20.3 Å². The Balaban J connectivity index is 1.49. The number of hydrogen-bond acceptors (Lipinski definition) is 5. The second-order valence-corrected chi connectivity index (χ2v) is 6.47. The van der Waals surface area contributed by atoms with Crippen LogP contribution in [0.25, 0.3) is 5.52 Å². The maximum Gasteiger partial charge on any atom is 0.291 e. The van der Waals surface area contributed by atoms with Gasteiger partial charge in [0.15, 0.2) is 11.5 Å².